The van der Waals surface area contributed by atoms with E-state index in [-0.39, 0.29) is 52.8 Å². The first-order valence-electron chi connectivity index (χ1n) is 10.9. The molecule has 1 aromatic heterocycles. The number of esters is 1. The Bertz CT molecular complexity index is 1630. The molecule has 6 rings (SSSR count). The Labute approximate surface area is 197 Å². The number of ether oxygens (including phenoxy) is 2. The van der Waals surface area contributed by atoms with Gasteiger partial charge in [-0.3, -0.25) is 9.59 Å². The van der Waals surface area contributed by atoms with Crippen LogP contribution in [0.1, 0.15) is 23.5 Å². The summed E-state index contributed by atoms with van der Waals surface area (Å²) in [7, 11) is 0. The summed E-state index contributed by atoms with van der Waals surface area (Å²) in [6.07, 6.45) is 1.95. The van der Waals surface area contributed by atoms with Crippen LogP contribution in [-0.2, 0) is 4.79 Å². The van der Waals surface area contributed by atoms with E-state index in [0.717, 1.165) is 16.9 Å². The molecule has 0 aliphatic carbocycles. The summed E-state index contributed by atoms with van der Waals surface area (Å²) in [5.41, 5.74) is 2.02. The molecule has 1 unspecified atom stereocenters. The molecule has 2 aliphatic rings. The van der Waals surface area contributed by atoms with Gasteiger partial charge in [0.05, 0.1) is 6.42 Å². The fourth-order valence-corrected chi connectivity index (χ4v) is 4.63. The predicted molar refractivity (Wildman–Crippen MR) is 126 cm³/mol. The molecule has 4 aromatic rings. The number of carbonyl (C=O) groups excluding carboxylic acids is 1. The van der Waals surface area contributed by atoms with Crippen molar-refractivity contribution in [2.24, 2.45) is 0 Å². The van der Waals surface area contributed by atoms with E-state index >= 15 is 0 Å². The number of phenolic OH excluding ortho intramolecular Hbond substituents is 3. The van der Waals surface area contributed by atoms with Crippen molar-refractivity contribution in [3.63, 3.8) is 0 Å². The van der Waals surface area contributed by atoms with Crippen molar-refractivity contribution in [3.05, 3.63) is 81.5 Å². The van der Waals surface area contributed by atoms with Gasteiger partial charge in [0.2, 0.25) is 0 Å². The fraction of sp³-hybridized carbons (Fsp3) is 0.111. The highest BCUT2D eigenvalue weighted by Gasteiger charge is 2.35. The molecule has 8 nitrogen and oxygen atoms in total. The van der Waals surface area contributed by atoms with Gasteiger partial charge in [-0.25, -0.2) is 0 Å². The lowest BCUT2D eigenvalue weighted by atomic mass is 9.83. The summed E-state index contributed by atoms with van der Waals surface area (Å²) in [6, 6.07) is 14.0. The number of phenols is 3. The maximum Gasteiger partial charge on any atom is 0.312 e. The Hall–Kier alpha value is -4.72. The second-order valence-electron chi connectivity index (χ2n) is 8.47. The van der Waals surface area contributed by atoms with Crippen LogP contribution in [0.15, 0.2) is 69.4 Å². The molecule has 0 fully saturated rings. The maximum absolute atomic E-state index is 13.1. The largest absolute Gasteiger partial charge is 0.507 e. The van der Waals surface area contributed by atoms with E-state index in [2.05, 4.69) is 0 Å². The summed E-state index contributed by atoms with van der Waals surface area (Å²) in [5, 5.41) is 30.1. The third kappa shape index (κ3) is 3.38. The SMILES string of the molecule is O=C1CC(C2=Cc3ccccc3OC2)c2c(cc(O)c3c(=O)cc(-c4ccc(O)c(O)c4)oc23)O1. The van der Waals surface area contributed by atoms with Gasteiger partial charge in [-0.2, -0.15) is 0 Å². The number of hydrogen-bond donors (Lipinski definition) is 3. The number of benzene rings is 3. The van der Waals surface area contributed by atoms with Crippen LogP contribution < -0.4 is 14.9 Å². The lowest BCUT2D eigenvalue weighted by Gasteiger charge is -2.29. The zero-order valence-electron chi connectivity index (χ0n) is 18.1. The van der Waals surface area contributed by atoms with E-state index in [0.29, 0.717) is 11.1 Å². The normalized spacial score (nSPS) is 16.6. The second-order valence-corrected chi connectivity index (χ2v) is 8.47. The lowest BCUT2D eigenvalue weighted by molar-refractivity contribution is -0.135. The van der Waals surface area contributed by atoms with Crippen molar-refractivity contribution >= 4 is 23.0 Å². The third-order valence-electron chi connectivity index (χ3n) is 6.29. The molecule has 1 atom stereocenters. The van der Waals surface area contributed by atoms with Crippen LogP contribution in [0.2, 0.25) is 0 Å². The van der Waals surface area contributed by atoms with Crippen LogP contribution >= 0.6 is 0 Å². The summed E-state index contributed by atoms with van der Waals surface area (Å²) >= 11 is 0. The number of rotatable bonds is 2. The van der Waals surface area contributed by atoms with Crippen molar-refractivity contribution in [1.82, 2.24) is 0 Å². The van der Waals surface area contributed by atoms with Crippen LogP contribution in [0.25, 0.3) is 28.4 Å². The Morgan fingerprint density at radius 2 is 1.69 bits per heavy atom. The van der Waals surface area contributed by atoms with Crippen LogP contribution in [0.4, 0.5) is 0 Å². The third-order valence-corrected chi connectivity index (χ3v) is 6.29. The second kappa shape index (κ2) is 7.66. The molecule has 0 spiro atoms. The van der Waals surface area contributed by atoms with Crippen LogP contribution in [-0.4, -0.2) is 27.9 Å². The van der Waals surface area contributed by atoms with Gasteiger partial charge in [-0.05, 0) is 35.9 Å². The number of para-hydroxylation sites is 1. The first kappa shape index (κ1) is 20.9. The minimum atomic E-state index is -0.519. The zero-order valence-corrected chi connectivity index (χ0v) is 18.1. The van der Waals surface area contributed by atoms with Crippen LogP contribution in [0.3, 0.4) is 0 Å². The number of aromatic hydroxyl groups is 3. The van der Waals surface area contributed by atoms with Crippen LogP contribution in [0.5, 0.6) is 28.7 Å². The molecule has 35 heavy (non-hydrogen) atoms. The van der Waals surface area contributed by atoms with Crippen molar-refractivity contribution in [1.29, 1.82) is 0 Å². The molecule has 3 heterocycles. The smallest absolute Gasteiger partial charge is 0.312 e. The zero-order chi connectivity index (χ0) is 24.3. The molecule has 3 N–H and O–H groups in total. The van der Waals surface area contributed by atoms with Crippen molar-refractivity contribution < 1.29 is 34.0 Å². The predicted octanol–water partition coefficient (Wildman–Crippen LogP) is 4.45. The summed E-state index contributed by atoms with van der Waals surface area (Å²) in [4.78, 5) is 25.5. The van der Waals surface area contributed by atoms with Crippen LogP contribution in [0, 0.1) is 0 Å². The Balaban J connectivity index is 1.60. The highest BCUT2D eigenvalue weighted by Crippen LogP contribution is 2.47. The first-order chi connectivity index (χ1) is 16.9. The molecule has 0 radical (unpaired) electrons. The summed E-state index contributed by atoms with van der Waals surface area (Å²) in [6.45, 7) is 0.229. The molecular weight excluding hydrogens is 452 g/mol. The molecule has 3 aromatic carbocycles. The summed E-state index contributed by atoms with van der Waals surface area (Å²) in [5.74, 6) is -1.13. The molecule has 2 aliphatic heterocycles. The maximum atomic E-state index is 13.1. The first-order valence-corrected chi connectivity index (χ1v) is 10.9. The molecular formula is C27H18O8. The topological polar surface area (TPSA) is 126 Å². The number of fused-ring (bicyclic) bond motifs is 4. The van der Waals surface area contributed by atoms with E-state index in [1.54, 1.807) is 0 Å². The highest BCUT2D eigenvalue weighted by molar-refractivity contribution is 5.93. The molecule has 0 saturated carbocycles. The highest BCUT2D eigenvalue weighted by atomic mass is 16.5. The van der Waals surface area contributed by atoms with E-state index < -0.39 is 17.3 Å². The van der Waals surface area contributed by atoms with Gasteiger partial charge in [0.15, 0.2) is 16.9 Å². The van der Waals surface area contributed by atoms with Gasteiger partial charge < -0.3 is 29.2 Å². The average molecular weight is 470 g/mol. The van der Waals surface area contributed by atoms with Gasteiger partial charge in [0, 0.05) is 34.7 Å². The van der Waals surface area contributed by atoms with Gasteiger partial charge in [0.25, 0.3) is 0 Å². The number of hydrogen-bond acceptors (Lipinski definition) is 8. The Kier molecular flexibility index (Phi) is 4.57. The quantitative estimate of drug-likeness (QED) is 0.223. The van der Waals surface area contributed by atoms with E-state index in [9.17, 15) is 24.9 Å². The summed E-state index contributed by atoms with van der Waals surface area (Å²) < 4.78 is 17.4. The monoisotopic (exact) mass is 470 g/mol. The van der Waals surface area contributed by atoms with Gasteiger partial charge in [-0.1, -0.05) is 18.2 Å². The number of carbonyl (C=O) groups is 1. The fourth-order valence-electron chi connectivity index (χ4n) is 4.63. The standard InChI is InChI=1S/C27H18O8/c28-17-6-5-14(8-18(17)29)22-10-19(30)26-20(31)11-23-25(27(26)35-22)16(9-24(32)34-23)15-7-13-3-1-2-4-21(13)33-12-15/h1-8,10-11,16,28-29,31H,9,12H2. The minimum absolute atomic E-state index is 0.00181. The Morgan fingerprint density at radius 3 is 2.51 bits per heavy atom. The van der Waals surface area contributed by atoms with Crippen molar-refractivity contribution in [2.45, 2.75) is 12.3 Å². The van der Waals surface area contributed by atoms with Crippen molar-refractivity contribution in [3.8, 4) is 40.1 Å². The van der Waals surface area contributed by atoms with Crippen molar-refractivity contribution in [2.75, 3.05) is 6.61 Å². The van der Waals surface area contributed by atoms with E-state index in [1.807, 2.05) is 30.3 Å². The Morgan fingerprint density at radius 1 is 0.857 bits per heavy atom. The molecule has 0 bridgehead atoms. The van der Waals surface area contributed by atoms with Gasteiger partial charge >= 0.3 is 5.97 Å². The molecule has 8 heteroatoms. The van der Waals surface area contributed by atoms with E-state index in [4.69, 9.17) is 13.9 Å². The molecule has 0 saturated heterocycles. The lowest BCUT2D eigenvalue weighted by Crippen LogP contribution is -2.25. The van der Waals surface area contributed by atoms with E-state index in [1.165, 1.54) is 30.3 Å². The molecule has 0 amide bonds. The average Bonchev–Trinajstić information content (AvgIpc) is 2.84. The minimum Gasteiger partial charge on any atom is -0.507 e. The van der Waals surface area contributed by atoms with Gasteiger partial charge in [0.1, 0.15) is 40.6 Å². The molecule has 174 valence electrons. The van der Waals surface area contributed by atoms with Gasteiger partial charge in [-0.15, -0.1) is 0 Å².